The average Bonchev–Trinajstić information content (AvgIpc) is 3.11. The minimum Gasteiger partial charge on any atom is -0.399 e. The molecular weight excluding hydrogens is 410 g/mol. The highest BCUT2D eigenvalue weighted by Gasteiger charge is 2.35. The molecule has 1 heteroatoms. The molecular formula is C33H27N. The first kappa shape index (κ1) is 20.5. The van der Waals surface area contributed by atoms with Gasteiger partial charge in [0, 0.05) is 11.1 Å². The molecule has 1 aliphatic carbocycles. The van der Waals surface area contributed by atoms with E-state index in [0.717, 1.165) is 5.69 Å². The third kappa shape index (κ3) is 3.24. The summed E-state index contributed by atoms with van der Waals surface area (Å²) in [5.41, 5.74) is 19.7. The van der Waals surface area contributed by atoms with Gasteiger partial charge in [-0.05, 0) is 73.8 Å². The molecule has 1 aliphatic rings. The number of hydrogen-bond acceptors (Lipinski definition) is 1. The Bertz CT molecular complexity index is 1510. The zero-order chi connectivity index (χ0) is 23.3. The number of rotatable bonds is 3. The third-order valence-corrected chi connectivity index (χ3v) is 7.24. The highest BCUT2D eigenvalue weighted by atomic mass is 14.5. The monoisotopic (exact) mass is 437 g/mol. The average molecular weight is 438 g/mol. The molecule has 5 aromatic carbocycles. The highest BCUT2D eigenvalue weighted by molar-refractivity contribution is 5.89. The predicted octanol–water partition coefficient (Wildman–Crippen LogP) is 8.58. The first-order valence-corrected chi connectivity index (χ1v) is 11.8. The highest BCUT2D eigenvalue weighted by Crippen LogP contribution is 2.50. The Kier molecular flexibility index (Phi) is 4.67. The van der Waals surface area contributed by atoms with Gasteiger partial charge in [0.05, 0.1) is 0 Å². The van der Waals surface area contributed by atoms with Crippen LogP contribution >= 0.6 is 0 Å². The lowest BCUT2D eigenvalue weighted by molar-refractivity contribution is 0.660. The van der Waals surface area contributed by atoms with E-state index >= 15 is 0 Å². The molecule has 0 bridgehead atoms. The zero-order valence-electron chi connectivity index (χ0n) is 19.5. The molecule has 0 saturated heterocycles. The summed E-state index contributed by atoms with van der Waals surface area (Å²) in [6, 6.07) is 41.2. The Labute approximate surface area is 201 Å². The van der Waals surface area contributed by atoms with E-state index in [-0.39, 0.29) is 5.41 Å². The van der Waals surface area contributed by atoms with Crippen LogP contribution in [0.5, 0.6) is 0 Å². The quantitative estimate of drug-likeness (QED) is 0.281. The second-order valence-electron chi connectivity index (χ2n) is 9.68. The molecule has 0 aliphatic heterocycles. The largest absolute Gasteiger partial charge is 0.399 e. The minimum atomic E-state index is -0.0280. The first-order chi connectivity index (χ1) is 16.5. The van der Waals surface area contributed by atoms with E-state index in [1.807, 2.05) is 6.07 Å². The molecule has 6 rings (SSSR count). The first-order valence-electron chi connectivity index (χ1n) is 11.8. The maximum atomic E-state index is 6.28. The van der Waals surface area contributed by atoms with Gasteiger partial charge in [-0.2, -0.15) is 0 Å². The van der Waals surface area contributed by atoms with Gasteiger partial charge < -0.3 is 5.73 Å². The molecule has 0 saturated carbocycles. The maximum absolute atomic E-state index is 6.28. The molecule has 0 atom stereocenters. The summed E-state index contributed by atoms with van der Waals surface area (Å²) in [4.78, 5) is 0. The van der Waals surface area contributed by atoms with Gasteiger partial charge in [-0.1, -0.05) is 111 Å². The normalized spacial score (nSPS) is 13.4. The fourth-order valence-corrected chi connectivity index (χ4v) is 5.40. The van der Waals surface area contributed by atoms with Crippen LogP contribution in [0.15, 0.2) is 115 Å². The van der Waals surface area contributed by atoms with Crippen molar-refractivity contribution in [2.45, 2.75) is 19.3 Å². The summed E-state index contributed by atoms with van der Waals surface area (Å²) in [5, 5.41) is 0. The van der Waals surface area contributed by atoms with Gasteiger partial charge in [-0.3, -0.25) is 0 Å². The SMILES string of the molecule is CC1(C)c2ccccc2-c2ccc(-c3cc(N)ccc3-c3ccc(-c4ccccc4)cc3)cc21. The van der Waals surface area contributed by atoms with E-state index in [1.54, 1.807) is 0 Å². The molecule has 0 radical (unpaired) electrons. The van der Waals surface area contributed by atoms with Gasteiger partial charge in [0.1, 0.15) is 0 Å². The molecule has 1 nitrogen and oxygen atoms in total. The van der Waals surface area contributed by atoms with Crippen LogP contribution in [0.4, 0.5) is 5.69 Å². The molecule has 0 amide bonds. The molecule has 0 unspecified atom stereocenters. The minimum absolute atomic E-state index is 0.0280. The van der Waals surface area contributed by atoms with Gasteiger partial charge >= 0.3 is 0 Å². The van der Waals surface area contributed by atoms with Crippen molar-refractivity contribution in [1.82, 2.24) is 0 Å². The summed E-state index contributed by atoms with van der Waals surface area (Å²) in [5.74, 6) is 0. The molecule has 5 aromatic rings. The Morgan fingerprint density at radius 3 is 1.82 bits per heavy atom. The second kappa shape index (κ2) is 7.74. The van der Waals surface area contributed by atoms with Gasteiger partial charge in [-0.15, -0.1) is 0 Å². The van der Waals surface area contributed by atoms with Crippen molar-refractivity contribution >= 4 is 5.69 Å². The van der Waals surface area contributed by atoms with Crippen LogP contribution in [0.3, 0.4) is 0 Å². The Morgan fingerprint density at radius 1 is 0.441 bits per heavy atom. The van der Waals surface area contributed by atoms with Crippen LogP contribution in [0.25, 0.3) is 44.5 Å². The predicted molar refractivity (Wildman–Crippen MR) is 145 cm³/mol. The van der Waals surface area contributed by atoms with Crippen LogP contribution in [0, 0.1) is 0 Å². The fraction of sp³-hybridized carbons (Fsp3) is 0.0909. The number of nitrogen functional groups attached to an aromatic ring is 1. The smallest absolute Gasteiger partial charge is 0.0320 e. The van der Waals surface area contributed by atoms with Crippen molar-refractivity contribution in [3.8, 4) is 44.5 Å². The van der Waals surface area contributed by atoms with Crippen LogP contribution < -0.4 is 5.73 Å². The molecule has 0 aromatic heterocycles. The van der Waals surface area contributed by atoms with Crippen LogP contribution in [-0.4, -0.2) is 0 Å². The van der Waals surface area contributed by atoms with E-state index in [1.165, 1.54) is 55.6 Å². The standard InChI is InChI=1S/C33H27N/c1-33(2)31-11-7-6-10-28(31)29-18-16-25(20-32(29)33)30-21-26(34)17-19-27(30)24-14-12-23(13-15-24)22-8-4-3-5-9-22/h3-21H,34H2,1-2H3. The molecule has 0 heterocycles. The molecule has 0 spiro atoms. The Morgan fingerprint density at radius 2 is 1.03 bits per heavy atom. The molecule has 34 heavy (non-hydrogen) atoms. The number of hydrogen-bond donors (Lipinski definition) is 1. The number of nitrogens with two attached hydrogens (primary N) is 1. The van der Waals surface area contributed by atoms with Gasteiger partial charge in [-0.25, -0.2) is 0 Å². The topological polar surface area (TPSA) is 26.0 Å². The van der Waals surface area contributed by atoms with Crippen molar-refractivity contribution in [2.75, 3.05) is 5.73 Å². The van der Waals surface area contributed by atoms with Crippen LogP contribution in [0.1, 0.15) is 25.0 Å². The lowest BCUT2D eigenvalue weighted by Gasteiger charge is -2.22. The van der Waals surface area contributed by atoms with E-state index in [2.05, 4.69) is 123 Å². The summed E-state index contributed by atoms with van der Waals surface area (Å²) in [6.07, 6.45) is 0. The Balaban J connectivity index is 1.46. The molecule has 0 fully saturated rings. The summed E-state index contributed by atoms with van der Waals surface area (Å²) in [7, 11) is 0. The van der Waals surface area contributed by atoms with Crippen molar-refractivity contribution < 1.29 is 0 Å². The lowest BCUT2D eigenvalue weighted by Crippen LogP contribution is -2.14. The summed E-state index contributed by atoms with van der Waals surface area (Å²) >= 11 is 0. The van der Waals surface area contributed by atoms with E-state index in [9.17, 15) is 0 Å². The van der Waals surface area contributed by atoms with E-state index in [0.29, 0.717) is 0 Å². The third-order valence-electron chi connectivity index (χ3n) is 7.24. The van der Waals surface area contributed by atoms with Gasteiger partial charge in [0.25, 0.3) is 0 Å². The van der Waals surface area contributed by atoms with Crippen molar-refractivity contribution in [3.05, 3.63) is 126 Å². The van der Waals surface area contributed by atoms with Gasteiger partial charge in [0.2, 0.25) is 0 Å². The van der Waals surface area contributed by atoms with Crippen molar-refractivity contribution in [2.24, 2.45) is 0 Å². The maximum Gasteiger partial charge on any atom is 0.0320 e. The number of fused-ring (bicyclic) bond motifs is 3. The fourth-order valence-electron chi connectivity index (χ4n) is 5.40. The van der Waals surface area contributed by atoms with E-state index in [4.69, 9.17) is 5.73 Å². The van der Waals surface area contributed by atoms with Crippen LogP contribution in [0.2, 0.25) is 0 Å². The second-order valence-corrected chi connectivity index (χ2v) is 9.68. The van der Waals surface area contributed by atoms with E-state index < -0.39 is 0 Å². The molecule has 2 N–H and O–H groups in total. The summed E-state index contributed by atoms with van der Waals surface area (Å²) in [6.45, 7) is 4.65. The van der Waals surface area contributed by atoms with Crippen molar-refractivity contribution in [1.29, 1.82) is 0 Å². The Hall–Kier alpha value is -4.10. The number of anilines is 1. The lowest BCUT2D eigenvalue weighted by atomic mass is 9.81. The zero-order valence-corrected chi connectivity index (χ0v) is 19.5. The molecule has 164 valence electrons. The summed E-state index contributed by atoms with van der Waals surface area (Å²) < 4.78 is 0. The number of benzene rings is 5. The van der Waals surface area contributed by atoms with Crippen molar-refractivity contribution in [3.63, 3.8) is 0 Å². The van der Waals surface area contributed by atoms with Gasteiger partial charge in [0.15, 0.2) is 0 Å². The van der Waals surface area contributed by atoms with Crippen LogP contribution in [-0.2, 0) is 5.41 Å².